The molecular weight excluding hydrogens is 590 g/mol. The molecule has 0 aromatic heterocycles. The number of benzene rings is 1. The number of ether oxygens (including phenoxy) is 1. The Morgan fingerprint density at radius 3 is 2.23 bits per heavy atom. The van der Waals surface area contributed by atoms with Gasteiger partial charge >= 0.3 is 6.18 Å². The summed E-state index contributed by atoms with van der Waals surface area (Å²) in [5, 5.41) is 20.3. The number of hydrogen-bond donors (Lipinski definition) is 4. The van der Waals surface area contributed by atoms with Crippen LogP contribution >= 0.6 is 11.6 Å². The van der Waals surface area contributed by atoms with Crippen molar-refractivity contribution in [1.82, 2.24) is 16.0 Å². The number of amides is 2. The van der Waals surface area contributed by atoms with Gasteiger partial charge in [-0.3, -0.25) is 14.9 Å². The first-order chi connectivity index (χ1) is 20.4. The molecule has 7 nitrogen and oxygen atoms in total. The Labute approximate surface area is 254 Å². The fourth-order valence-corrected chi connectivity index (χ4v) is 8.12. The maximum absolute atomic E-state index is 14.0. The highest BCUT2D eigenvalue weighted by molar-refractivity contribution is 6.30. The minimum absolute atomic E-state index is 0.0507. The van der Waals surface area contributed by atoms with Crippen molar-refractivity contribution in [1.29, 1.82) is 0 Å². The van der Waals surface area contributed by atoms with E-state index in [0.717, 1.165) is 44.6 Å². The molecule has 1 saturated heterocycles. The summed E-state index contributed by atoms with van der Waals surface area (Å²) in [6, 6.07) is 2.28. The maximum Gasteiger partial charge on any atom is 0.403 e. The van der Waals surface area contributed by atoms with Crippen LogP contribution in [0.4, 0.5) is 17.6 Å². The van der Waals surface area contributed by atoms with Crippen LogP contribution < -0.4 is 20.7 Å². The van der Waals surface area contributed by atoms with Crippen LogP contribution in [0.2, 0.25) is 5.02 Å². The Morgan fingerprint density at radius 2 is 1.63 bits per heavy atom. The molecular formula is C31H42ClF4N3O4. The zero-order valence-electron chi connectivity index (χ0n) is 24.3. The fourth-order valence-electron chi connectivity index (χ4n) is 8.00. The first-order valence-corrected chi connectivity index (χ1v) is 16.0. The monoisotopic (exact) mass is 631 g/mol. The number of piperidine rings is 1. The van der Waals surface area contributed by atoms with Gasteiger partial charge in [-0.15, -0.1) is 0 Å². The molecule has 0 radical (unpaired) electrons. The van der Waals surface area contributed by atoms with Crippen LogP contribution in [-0.4, -0.2) is 58.5 Å². The summed E-state index contributed by atoms with van der Waals surface area (Å²) in [4.78, 5) is 26.7. The lowest BCUT2D eigenvalue weighted by Gasteiger charge is -2.57. The van der Waals surface area contributed by atoms with Crippen LogP contribution in [0.5, 0.6) is 5.75 Å². The number of rotatable bonds is 6. The van der Waals surface area contributed by atoms with Gasteiger partial charge in [0.2, 0.25) is 5.91 Å². The van der Waals surface area contributed by atoms with Gasteiger partial charge in [0.05, 0.1) is 22.6 Å². The lowest BCUT2D eigenvalue weighted by molar-refractivity contribution is -0.176. The second-order valence-electron chi connectivity index (χ2n) is 13.2. The molecule has 5 aliphatic rings. The Bertz CT molecular complexity index is 1160. The average molecular weight is 632 g/mol. The van der Waals surface area contributed by atoms with E-state index in [2.05, 4.69) is 16.0 Å². The number of alkyl halides is 3. The first kappa shape index (κ1) is 32.3. The lowest BCUT2D eigenvalue weighted by Crippen LogP contribution is -2.72. The molecule has 240 valence electrons. The average Bonchev–Trinajstić information content (AvgIpc) is 3.06. The SMILES string of the molecule is O=C(COc1ccc(Cl)c(F)c1)NC12CCC(NC(=O)C3CCC(C(F)(F)F)NC34CCCCCCCC4)(CC1)C(O)C2. The van der Waals surface area contributed by atoms with E-state index in [1.165, 1.54) is 12.1 Å². The van der Waals surface area contributed by atoms with Gasteiger partial charge < -0.3 is 20.5 Å². The molecule has 2 amide bonds. The number of aliphatic hydroxyl groups is 1. The Morgan fingerprint density at radius 1 is 0.977 bits per heavy atom. The van der Waals surface area contributed by atoms with Gasteiger partial charge in [-0.1, -0.05) is 50.1 Å². The Kier molecular flexibility index (Phi) is 9.55. The molecule has 2 bridgehead atoms. The highest BCUT2D eigenvalue weighted by Crippen LogP contribution is 2.48. The molecule has 1 aromatic rings. The summed E-state index contributed by atoms with van der Waals surface area (Å²) >= 11 is 5.69. The molecule has 1 aliphatic heterocycles. The van der Waals surface area contributed by atoms with Gasteiger partial charge in [-0.05, 0) is 69.9 Å². The molecule has 43 heavy (non-hydrogen) atoms. The van der Waals surface area contributed by atoms with Gasteiger partial charge in [0.15, 0.2) is 6.61 Å². The van der Waals surface area contributed by atoms with E-state index in [1.54, 1.807) is 0 Å². The van der Waals surface area contributed by atoms with E-state index in [1.807, 2.05) is 0 Å². The molecule has 12 heteroatoms. The summed E-state index contributed by atoms with van der Waals surface area (Å²) in [5.74, 6) is -1.79. The van der Waals surface area contributed by atoms with Crippen LogP contribution in [0.15, 0.2) is 18.2 Å². The van der Waals surface area contributed by atoms with Crippen molar-refractivity contribution in [3.05, 3.63) is 29.0 Å². The molecule has 3 atom stereocenters. The number of carbonyl (C=O) groups excluding carboxylic acids is 2. The highest BCUT2D eigenvalue weighted by Gasteiger charge is 2.58. The number of nitrogens with one attached hydrogen (secondary N) is 3. The molecule has 3 unspecified atom stereocenters. The van der Waals surface area contributed by atoms with E-state index >= 15 is 0 Å². The number of carbonyl (C=O) groups is 2. The van der Waals surface area contributed by atoms with Gasteiger partial charge in [-0.2, -0.15) is 13.2 Å². The summed E-state index contributed by atoms with van der Waals surface area (Å²) in [7, 11) is 0. The molecule has 4 N–H and O–H groups in total. The van der Waals surface area contributed by atoms with Crippen LogP contribution in [0, 0.1) is 11.7 Å². The van der Waals surface area contributed by atoms with Gasteiger partial charge in [0.1, 0.15) is 17.6 Å². The number of aliphatic hydroxyl groups excluding tert-OH is 1. The van der Waals surface area contributed by atoms with Crippen LogP contribution in [0.1, 0.15) is 96.3 Å². The summed E-state index contributed by atoms with van der Waals surface area (Å²) in [5.41, 5.74) is -2.48. The quantitative estimate of drug-likeness (QED) is 0.302. The minimum atomic E-state index is -4.38. The molecule has 6 rings (SSSR count). The Hall–Kier alpha value is -2.11. The van der Waals surface area contributed by atoms with Crippen molar-refractivity contribution in [2.24, 2.45) is 5.92 Å². The van der Waals surface area contributed by atoms with Gasteiger partial charge in [-0.25, -0.2) is 4.39 Å². The van der Waals surface area contributed by atoms with Gasteiger partial charge in [0.25, 0.3) is 5.91 Å². The smallest absolute Gasteiger partial charge is 0.403 e. The second-order valence-corrected chi connectivity index (χ2v) is 13.6. The third-order valence-corrected chi connectivity index (χ3v) is 10.7. The van der Waals surface area contributed by atoms with E-state index < -0.39 is 52.6 Å². The predicted molar refractivity (Wildman–Crippen MR) is 153 cm³/mol. The largest absolute Gasteiger partial charge is 0.484 e. The minimum Gasteiger partial charge on any atom is -0.484 e. The molecule has 1 heterocycles. The Balaban J connectivity index is 1.23. The number of fused-ring (bicyclic) bond motifs is 3. The molecule has 4 saturated carbocycles. The van der Waals surface area contributed by atoms with Crippen molar-refractivity contribution < 1.29 is 37.0 Å². The van der Waals surface area contributed by atoms with Crippen molar-refractivity contribution in [2.75, 3.05) is 6.61 Å². The number of hydrogen-bond acceptors (Lipinski definition) is 5. The van der Waals surface area contributed by atoms with Crippen molar-refractivity contribution in [2.45, 2.75) is 131 Å². The van der Waals surface area contributed by atoms with E-state index in [9.17, 15) is 32.3 Å². The van der Waals surface area contributed by atoms with Gasteiger partial charge in [0, 0.05) is 17.1 Å². The standard InChI is InChI=1S/C31H42ClF4N3O4/c32-22-9-7-20(17-23(22)33)43-19-26(41)38-28-13-15-30(16-14-28,25(40)18-28)39-27(42)21-8-10-24(31(34,35)36)37-29(21)11-5-3-1-2-4-6-12-29/h7,9,17,21,24-25,37,40H,1-6,8,10-16,18-19H2,(H,38,41)(H,39,42). The zero-order valence-corrected chi connectivity index (χ0v) is 25.1. The van der Waals surface area contributed by atoms with Crippen molar-refractivity contribution in [3.8, 4) is 5.75 Å². The fraction of sp³-hybridized carbons (Fsp3) is 0.742. The summed E-state index contributed by atoms with van der Waals surface area (Å²) in [6.45, 7) is -0.337. The first-order valence-electron chi connectivity index (χ1n) is 15.6. The molecule has 5 fully saturated rings. The zero-order chi connectivity index (χ0) is 30.9. The summed E-state index contributed by atoms with van der Waals surface area (Å²) < 4.78 is 60.7. The maximum atomic E-state index is 14.0. The molecule has 4 aliphatic carbocycles. The topological polar surface area (TPSA) is 99.7 Å². The van der Waals surface area contributed by atoms with Crippen LogP contribution in [0.3, 0.4) is 0 Å². The predicted octanol–water partition coefficient (Wildman–Crippen LogP) is 5.71. The van der Waals surface area contributed by atoms with Crippen molar-refractivity contribution >= 4 is 23.4 Å². The summed E-state index contributed by atoms with van der Waals surface area (Å²) in [6.07, 6.45) is 3.39. The van der Waals surface area contributed by atoms with E-state index in [-0.39, 0.29) is 42.5 Å². The number of halogens is 5. The van der Waals surface area contributed by atoms with Crippen LogP contribution in [-0.2, 0) is 9.59 Å². The third-order valence-electron chi connectivity index (χ3n) is 10.4. The normalized spacial score (nSPS) is 32.7. The molecule has 1 spiro atoms. The van der Waals surface area contributed by atoms with E-state index in [4.69, 9.17) is 16.3 Å². The third kappa shape index (κ3) is 7.09. The molecule has 1 aromatic carbocycles. The van der Waals surface area contributed by atoms with E-state index in [0.29, 0.717) is 38.5 Å². The highest BCUT2D eigenvalue weighted by atomic mass is 35.5. The second kappa shape index (κ2) is 12.7. The lowest BCUT2D eigenvalue weighted by atomic mass is 9.59. The van der Waals surface area contributed by atoms with Crippen LogP contribution in [0.25, 0.3) is 0 Å². The van der Waals surface area contributed by atoms with Crippen molar-refractivity contribution in [3.63, 3.8) is 0 Å².